The number of nitrogens with zero attached hydrogens (tertiary/aromatic N) is 1. The molecule has 3 nitrogen and oxygen atoms in total. The Morgan fingerprint density at radius 1 is 1.28 bits per heavy atom. The molecule has 1 unspecified atom stereocenters. The van der Waals surface area contributed by atoms with Gasteiger partial charge in [-0.15, -0.1) is 0 Å². The molecule has 0 radical (unpaired) electrons. The van der Waals surface area contributed by atoms with Gasteiger partial charge in [0.1, 0.15) is 11.6 Å². The highest BCUT2D eigenvalue weighted by Crippen LogP contribution is 2.31. The number of hydrogen-bond donors (Lipinski definition) is 0. The molecule has 25 heavy (non-hydrogen) atoms. The number of carbonyl (C=O) groups excluding carboxylic acids is 1. The van der Waals surface area contributed by atoms with E-state index in [1.54, 1.807) is 6.07 Å². The second-order valence-corrected chi connectivity index (χ2v) is 6.81. The lowest BCUT2D eigenvalue weighted by Gasteiger charge is -2.35. The molecule has 0 aromatic heterocycles. The molecule has 1 heterocycles. The van der Waals surface area contributed by atoms with Crippen LogP contribution in [0.4, 0.5) is 4.39 Å². The van der Waals surface area contributed by atoms with E-state index in [1.165, 1.54) is 6.07 Å². The Kier molecular flexibility index (Phi) is 5.07. The zero-order valence-corrected chi connectivity index (χ0v) is 15.0. The predicted octanol–water partition coefficient (Wildman–Crippen LogP) is 4.30. The summed E-state index contributed by atoms with van der Waals surface area (Å²) in [7, 11) is 0. The van der Waals surface area contributed by atoms with Gasteiger partial charge in [-0.3, -0.25) is 4.79 Å². The molecule has 0 spiro atoms. The average molecular weight is 341 g/mol. The van der Waals surface area contributed by atoms with Crippen molar-refractivity contribution in [2.75, 3.05) is 6.54 Å². The Hall–Kier alpha value is -2.36. The van der Waals surface area contributed by atoms with Gasteiger partial charge in [0.25, 0.3) is 0 Å². The van der Waals surface area contributed by atoms with E-state index in [-0.39, 0.29) is 30.3 Å². The Balaban J connectivity index is 1.79. The zero-order chi connectivity index (χ0) is 18.0. The van der Waals surface area contributed by atoms with Crippen LogP contribution < -0.4 is 4.74 Å². The first-order chi connectivity index (χ1) is 12.0. The van der Waals surface area contributed by atoms with E-state index < -0.39 is 0 Å². The third-order valence-corrected chi connectivity index (χ3v) is 4.64. The van der Waals surface area contributed by atoms with E-state index in [9.17, 15) is 9.18 Å². The van der Waals surface area contributed by atoms with E-state index in [0.717, 1.165) is 28.9 Å². The predicted molar refractivity (Wildman–Crippen MR) is 96.1 cm³/mol. The van der Waals surface area contributed by atoms with Crippen LogP contribution in [0.1, 0.15) is 43.5 Å². The summed E-state index contributed by atoms with van der Waals surface area (Å²) in [6, 6.07) is 12.4. The minimum absolute atomic E-state index is 0.0437. The molecular weight excluding hydrogens is 317 g/mol. The van der Waals surface area contributed by atoms with E-state index in [2.05, 4.69) is 0 Å². The van der Waals surface area contributed by atoms with Crippen molar-refractivity contribution in [3.63, 3.8) is 0 Å². The summed E-state index contributed by atoms with van der Waals surface area (Å²) in [5, 5.41) is 0. The van der Waals surface area contributed by atoms with Gasteiger partial charge in [0.05, 0.1) is 18.6 Å². The summed E-state index contributed by atoms with van der Waals surface area (Å²) in [5.74, 6) is 0.541. The van der Waals surface area contributed by atoms with Crippen LogP contribution in [0.15, 0.2) is 42.5 Å². The Morgan fingerprint density at radius 2 is 2.04 bits per heavy atom. The van der Waals surface area contributed by atoms with E-state index in [4.69, 9.17) is 4.74 Å². The van der Waals surface area contributed by atoms with Gasteiger partial charge >= 0.3 is 0 Å². The van der Waals surface area contributed by atoms with Gasteiger partial charge in [-0.2, -0.15) is 0 Å². The number of halogens is 1. The zero-order valence-electron chi connectivity index (χ0n) is 15.0. The fourth-order valence-corrected chi connectivity index (χ4v) is 3.41. The molecule has 2 aromatic rings. The molecule has 2 aromatic carbocycles. The van der Waals surface area contributed by atoms with E-state index in [0.29, 0.717) is 6.54 Å². The van der Waals surface area contributed by atoms with E-state index >= 15 is 0 Å². The molecule has 1 amide bonds. The van der Waals surface area contributed by atoms with Crippen LogP contribution in [-0.2, 0) is 17.6 Å². The summed E-state index contributed by atoms with van der Waals surface area (Å²) in [6.45, 7) is 6.56. The number of carbonyl (C=O) groups is 1. The van der Waals surface area contributed by atoms with Gasteiger partial charge in [0.2, 0.25) is 5.91 Å². The highest BCUT2D eigenvalue weighted by atomic mass is 19.1. The maximum Gasteiger partial charge on any atom is 0.227 e. The fraction of sp³-hybridized carbons (Fsp3) is 0.381. The van der Waals surface area contributed by atoms with Gasteiger partial charge < -0.3 is 9.64 Å². The lowest BCUT2D eigenvalue weighted by molar-refractivity contribution is -0.133. The molecule has 1 aliphatic rings. The fourth-order valence-electron chi connectivity index (χ4n) is 3.41. The number of benzene rings is 2. The maximum atomic E-state index is 13.6. The van der Waals surface area contributed by atoms with Gasteiger partial charge in [0, 0.05) is 12.1 Å². The number of amides is 1. The minimum Gasteiger partial charge on any atom is -0.491 e. The summed E-state index contributed by atoms with van der Waals surface area (Å²) >= 11 is 0. The van der Waals surface area contributed by atoms with Gasteiger partial charge in [-0.25, -0.2) is 4.39 Å². The Bertz CT molecular complexity index is 772. The standard InChI is InChI=1S/C21H24FNO2/c1-14(2)25-20-7-5-4-6-17(20)12-21(24)23-11-10-16-8-9-18(22)13-19(16)15(23)3/h4-9,13-15H,10-12H2,1-3H3. The number of para-hydroxylation sites is 1. The largest absolute Gasteiger partial charge is 0.491 e. The van der Waals surface area contributed by atoms with Crippen molar-refractivity contribution in [2.45, 2.75) is 45.8 Å². The molecular formula is C21H24FNO2. The molecule has 0 saturated carbocycles. The SMILES string of the molecule is CC(C)Oc1ccccc1CC(=O)N1CCc2ccc(F)cc2C1C. The summed E-state index contributed by atoms with van der Waals surface area (Å²) < 4.78 is 19.4. The van der Waals surface area contributed by atoms with Crippen LogP contribution >= 0.6 is 0 Å². The first kappa shape index (κ1) is 17.5. The first-order valence-electron chi connectivity index (χ1n) is 8.78. The monoisotopic (exact) mass is 341 g/mol. The Labute approximate surface area is 148 Å². The molecule has 0 N–H and O–H groups in total. The highest BCUT2D eigenvalue weighted by Gasteiger charge is 2.28. The average Bonchev–Trinajstić information content (AvgIpc) is 2.57. The lowest BCUT2D eigenvalue weighted by atomic mass is 9.93. The molecule has 3 rings (SSSR count). The van der Waals surface area contributed by atoms with Crippen LogP contribution in [0.3, 0.4) is 0 Å². The normalized spacial score (nSPS) is 16.7. The Morgan fingerprint density at radius 3 is 2.80 bits per heavy atom. The lowest BCUT2D eigenvalue weighted by Crippen LogP contribution is -2.39. The molecule has 132 valence electrons. The molecule has 0 bridgehead atoms. The second kappa shape index (κ2) is 7.26. The van der Waals surface area contributed by atoms with E-state index in [1.807, 2.05) is 56.0 Å². The quantitative estimate of drug-likeness (QED) is 0.830. The van der Waals surface area contributed by atoms with Crippen molar-refractivity contribution in [2.24, 2.45) is 0 Å². The van der Waals surface area contributed by atoms with Crippen LogP contribution in [0, 0.1) is 5.82 Å². The summed E-state index contributed by atoms with van der Waals surface area (Å²) in [4.78, 5) is 14.7. The first-order valence-corrected chi connectivity index (χ1v) is 8.78. The van der Waals surface area contributed by atoms with Crippen LogP contribution in [-0.4, -0.2) is 23.5 Å². The van der Waals surface area contributed by atoms with Crippen molar-refractivity contribution >= 4 is 5.91 Å². The third kappa shape index (κ3) is 3.84. The number of fused-ring (bicyclic) bond motifs is 1. The van der Waals surface area contributed by atoms with Crippen molar-refractivity contribution in [3.8, 4) is 5.75 Å². The van der Waals surface area contributed by atoms with Crippen LogP contribution in [0.5, 0.6) is 5.75 Å². The molecule has 1 aliphatic heterocycles. The minimum atomic E-state index is -0.254. The third-order valence-electron chi connectivity index (χ3n) is 4.64. The van der Waals surface area contributed by atoms with Crippen LogP contribution in [0.25, 0.3) is 0 Å². The second-order valence-electron chi connectivity index (χ2n) is 6.81. The summed E-state index contributed by atoms with van der Waals surface area (Å²) in [6.07, 6.45) is 1.10. The van der Waals surface area contributed by atoms with Crippen molar-refractivity contribution < 1.29 is 13.9 Å². The summed E-state index contributed by atoms with van der Waals surface area (Å²) in [5.41, 5.74) is 2.92. The number of hydrogen-bond acceptors (Lipinski definition) is 2. The number of ether oxygens (including phenoxy) is 1. The molecule has 1 atom stereocenters. The molecule has 4 heteroatoms. The highest BCUT2D eigenvalue weighted by molar-refractivity contribution is 5.80. The maximum absolute atomic E-state index is 13.6. The smallest absolute Gasteiger partial charge is 0.227 e. The topological polar surface area (TPSA) is 29.5 Å². The van der Waals surface area contributed by atoms with Crippen molar-refractivity contribution in [3.05, 3.63) is 65.0 Å². The van der Waals surface area contributed by atoms with Crippen molar-refractivity contribution in [1.82, 2.24) is 4.90 Å². The number of rotatable bonds is 4. The van der Waals surface area contributed by atoms with Gasteiger partial charge in [0.15, 0.2) is 0 Å². The van der Waals surface area contributed by atoms with Gasteiger partial charge in [-0.05, 0) is 56.5 Å². The van der Waals surface area contributed by atoms with Crippen molar-refractivity contribution in [1.29, 1.82) is 0 Å². The van der Waals surface area contributed by atoms with Crippen LogP contribution in [0.2, 0.25) is 0 Å². The molecule has 0 fully saturated rings. The molecule has 0 saturated heterocycles. The molecule has 0 aliphatic carbocycles. The van der Waals surface area contributed by atoms with Gasteiger partial charge in [-0.1, -0.05) is 24.3 Å².